The molecule has 0 bridgehead atoms. The first-order chi connectivity index (χ1) is 14.2. The number of hydrogen-bond donors (Lipinski definition) is 2. The van der Waals surface area contributed by atoms with Gasteiger partial charge in [0.15, 0.2) is 0 Å². The number of hydrogen-bond acceptors (Lipinski definition) is 6. The second-order valence-electron chi connectivity index (χ2n) is 5.58. The van der Waals surface area contributed by atoms with Crippen molar-refractivity contribution >= 4 is 75.9 Å². The van der Waals surface area contributed by atoms with Gasteiger partial charge in [-0.15, -0.1) is 0 Å². The van der Waals surface area contributed by atoms with Gasteiger partial charge in [-0.1, -0.05) is 51.6 Å². The fourth-order valence-corrected chi connectivity index (χ4v) is 3.02. The van der Waals surface area contributed by atoms with Crippen LogP contribution in [0.15, 0.2) is 53.0 Å². The highest BCUT2D eigenvalue weighted by Gasteiger charge is 2.20. The van der Waals surface area contributed by atoms with E-state index in [-0.39, 0.29) is 27.2 Å². The average molecular weight is 491 g/mol. The van der Waals surface area contributed by atoms with Crippen LogP contribution in [0.1, 0.15) is 6.92 Å². The summed E-state index contributed by atoms with van der Waals surface area (Å²) in [7, 11) is 1.29. The molecule has 7 nitrogen and oxygen atoms in total. The Balaban J connectivity index is 2.49. The quantitative estimate of drug-likeness (QED) is 0.169. The number of nitrogens with one attached hydrogen (secondary N) is 2. The highest BCUT2D eigenvalue weighted by molar-refractivity contribution is 6.37. The van der Waals surface area contributed by atoms with Crippen LogP contribution in [0, 0.1) is 0 Å². The Bertz CT molecular complexity index is 1020. The van der Waals surface area contributed by atoms with Crippen LogP contribution in [-0.2, 0) is 19.2 Å². The minimum absolute atomic E-state index is 0.177. The molecule has 0 aliphatic rings. The van der Waals surface area contributed by atoms with E-state index >= 15 is 0 Å². The minimum Gasteiger partial charge on any atom is -0.409 e. The van der Waals surface area contributed by atoms with Crippen molar-refractivity contribution in [1.29, 1.82) is 0 Å². The molecule has 1 amide bonds. The van der Waals surface area contributed by atoms with Crippen molar-refractivity contribution in [1.82, 2.24) is 0 Å². The van der Waals surface area contributed by atoms with Gasteiger partial charge in [0.2, 0.25) is 5.88 Å². The molecule has 2 aromatic carbocycles. The summed E-state index contributed by atoms with van der Waals surface area (Å²) in [6.07, 6.45) is 1.06. The van der Waals surface area contributed by atoms with E-state index in [0.29, 0.717) is 15.7 Å². The number of halogens is 4. The van der Waals surface area contributed by atoms with Crippen LogP contribution in [0.2, 0.25) is 20.1 Å². The third-order valence-electron chi connectivity index (χ3n) is 3.38. The SMILES string of the molecule is CON=CC(C(=O)Nc1ccc(Cl)cc1Cl)=C(Nc1ccc(Cl)cc1Cl)OC(C)=O. The first kappa shape index (κ1) is 23.8. The van der Waals surface area contributed by atoms with Crippen molar-refractivity contribution in [3.05, 3.63) is 67.9 Å². The summed E-state index contributed by atoms with van der Waals surface area (Å²) in [5.74, 6) is -1.63. The standard InChI is InChI=1S/C19H15Cl4N3O4/c1-10(27)30-19(26-17-6-4-12(21)8-15(17)23)13(9-24-29-2)18(28)25-16-5-3-11(20)7-14(16)22/h3-9,26H,1-2H3,(H,25,28). The summed E-state index contributed by atoms with van der Waals surface area (Å²) < 4.78 is 5.18. The highest BCUT2D eigenvalue weighted by Crippen LogP contribution is 2.28. The van der Waals surface area contributed by atoms with E-state index < -0.39 is 11.9 Å². The van der Waals surface area contributed by atoms with Crippen LogP contribution in [0.5, 0.6) is 0 Å². The third kappa shape index (κ3) is 6.81. The second kappa shape index (κ2) is 11.1. The lowest BCUT2D eigenvalue weighted by Gasteiger charge is -2.15. The number of nitrogens with zero attached hydrogens (tertiary/aromatic N) is 1. The van der Waals surface area contributed by atoms with Crippen molar-refractivity contribution in [2.24, 2.45) is 5.16 Å². The Morgan fingerprint density at radius 1 is 0.933 bits per heavy atom. The fourth-order valence-electron chi connectivity index (χ4n) is 2.11. The predicted molar refractivity (Wildman–Crippen MR) is 119 cm³/mol. The topological polar surface area (TPSA) is 89.0 Å². The average Bonchev–Trinajstić information content (AvgIpc) is 2.66. The van der Waals surface area contributed by atoms with Crippen molar-refractivity contribution < 1.29 is 19.2 Å². The number of ether oxygens (including phenoxy) is 1. The molecule has 30 heavy (non-hydrogen) atoms. The highest BCUT2D eigenvalue weighted by atomic mass is 35.5. The molecule has 0 spiro atoms. The number of carbonyl (C=O) groups is 2. The summed E-state index contributed by atoms with van der Waals surface area (Å²) in [5.41, 5.74) is 0.433. The number of amides is 1. The largest absolute Gasteiger partial charge is 0.409 e. The van der Waals surface area contributed by atoms with E-state index in [1.165, 1.54) is 32.2 Å². The molecule has 0 radical (unpaired) electrons. The van der Waals surface area contributed by atoms with Gasteiger partial charge >= 0.3 is 5.97 Å². The Labute approximate surface area is 192 Å². The number of carbonyl (C=O) groups excluding carboxylic acids is 2. The predicted octanol–water partition coefficient (Wildman–Crippen LogP) is 5.76. The van der Waals surface area contributed by atoms with Crippen molar-refractivity contribution in [2.75, 3.05) is 17.7 Å². The minimum atomic E-state index is -0.700. The molecule has 0 fully saturated rings. The van der Waals surface area contributed by atoms with Gasteiger partial charge < -0.3 is 20.2 Å². The Morgan fingerprint density at radius 3 is 1.93 bits per heavy atom. The maximum atomic E-state index is 12.9. The van der Waals surface area contributed by atoms with Gasteiger partial charge in [-0.05, 0) is 36.4 Å². The van der Waals surface area contributed by atoms with Gasteiger partial charge in [0.1, 0.15) is 12.7 Å². The zero-order valence-electron chi connectivity index (χ0n) is 15.6. The number of anilines is 2. The van der Waals surface area contributed by atoms with E-state index in [0.717, 1.165) is 6.21 Å². The summed E-state index contributed by atoms with van der Waals surface area (Å²) in [6.45, 7) is 1.17. The van der Waals surface area contributed by atoms with Gasteiger partial charge in [-0.25, -0.2) is 0 Å². The summed E-state index contributed by atoms with van der Waals surface area (Å²) in [4.78, 5) is 29.2. The first-order valence-corrected chi connectivity index (χ1v) is 9.70. The first-order valence-electron chi connectivity index (χ1n) is 8.19. The van der Waals surface area contributed by atoms with Gasteiger partial charge in [0.05, 0.1) is 27.6 Å². The van der Waals surface area contributed by atoms with Crippen LogP contribution >= 0.6 is 46.4 Å². The molecule has 0 aliphatic heterocycles. The lowest BCUT2D eigenvalue weighted by molar-refractivity contribution is -0.136. The number of esters is 1. The number of benzene rings is 2. The maximum absolute atomic E-state index is 12.9. The molecule has 0 saturated heterocycles. The zero-order valence-corrected chi connectivity index (χ0v) is 18.7. The van der Waals surface area contributed by atoms with Gasteiger partial charge in [0, 0.05) is 17.0 Å². The van der Waals surface area contributed by atoms with Crippen LogP contribution in [-0.4, -0.2) is 25.2 Å². The van der Waals surface area contributed by atoms with Crippen LogP contribution in [0.3, 0.4) is 0 Å². The summed E-state index contributed by atoms with van der Waals surface area (Å²) in [5, 5.41) is 10.2. The number of oxime groups is 1. The molecule has 2 N–H and O–H groups in total. The normalized spacial score (nSPS) is 11.7. The lowest BCUT2D eigenvalue weighted by Crippen LogP contribution is -2.22. The van der Waals surface area contributed by atoms with Crippen LogP contribution in [0.4, 0.5) is 11.4 Å². The zero-order chi connectivity index (χ0) is 22.3. The van der Waals surface area contributed by atoms with Gasteiger partial charge in [0.25, 0.3) is 5.91 Å². The molecule has 0 unspecified atom stereocenters. The molecule has 158 valence electrons. The van der Waals surface area contributed by atoms with E-state index in [2.05, 4.69) is 20.6 Å². The van der Waals surface area contributed by atoms with Crippen molar-refractivity contribution in [3.8, 4) is 0 Å². The molecule has 2 rings (SSSR count). The molecule has 0 atom stereocenters. The monoisotopic (exact) mass is 489 g/mol. The third-order valence-corrected chi connectivity index (χ3v) is 4.48. The molecule has 0 heterocycles. The Morgan fingerprint density at radius 2 is 1.47 bits per heavy atom. The summed E-state index contributed by atoms with van der Waals surface area (Å²) in [6, 6.07) is 9.12. The van der Waals surface area contributed by atoms with Crippen molar-refractivity contribution in [3.63, 3.8) is 0 Å². The summed E-state index contributed by atoms with van der Waals surface area (Å²) >= 11 is 24.0. The fraction of sp³-hybridized carbons (Fsp3) is 0.105. The van der Waals surface area contributed by atoms with E-state index in [9.17, 15) is 9.59 Å². The maximum Gasteiger partial charge on any atom is 0.309 e. The molecular weight excluding hydrogens is 476 g/mol. The molecule has 0 aliphatic carbocycles. The number of rotatable bonds is 7. The smallest absolute Gasteiger partial charge is 0.309 e. The molecule has 0 saturated carbocycles. The second-order valence-corrected chi connectivity index (χ2v) is 7.27. The van der Waals surface area contributed by atoms with E-state index in [1.54, 1.807) is 18.2 Å². The Kier molecular flexibility index (Phi) is 8.80. The van der Waals surface area contributed by atoms with Gasteiger partial charge in [-0.3, -0.25) is 9.59 Å². The van der Waals surface area contributed by atoms with Crippen molar-refractivity contribution in [2.45, 2.75) is 6.92 Å². The van der Waals surface area contributed by atoms with Gasteiger partial charge in [-0.2, -0.15) is 0 Å². The molecular formula is C19H15Cl4N3O4. The lowest BCUT2D eigenvalue weighted by atomic mass is 10.2. The van der Waals surface area contributed by atoms with E-state index in [1.807, 2.05) is 0 Å². The Hall–Kier alpha value is -2.45. The van der Waals surface area contributed by atoms with Crippen LogP contribution < -0.4 is 10.6 Å². The molecule has 0 aromatic heterocycles. The van der Waals surface area contributed by atoms with Crippen LogP contribution in [0.25, 0.3) is 0 Å². The molecule has 11 heteroatoms. The van der Waals surface area contributed by atoms with E-state index in [4.69, 9.17) is 51.1 Å². The molecule has 2 aromatic rings.